The summed E-state index contributed by atoms with van der Waals surface area (Å²) in [6.45, 7) is 10.8. The molecule has 2 N–H and O–H groups in total. The molecule has 0 aliphatic carbocycles. The number of fused-ring (bicyclic) bond motifs is 2. The molecule has 7 heteroatoms. The van der Waals surface area contributed by atoms with E-state index in [1.807, 2.05) is 46.8 Å². The summed E-state index contributed by atoms with van der Waals surface area (Å²) in [5, 5.41) is 6.74. The number of rotatable bonds is 4. The molecule has 0 saturated carbocycles. The number of cyclic esters (lactones) is 1. The molecule has 31 heavy (non-hydrogen) atoms. The van der Waals surface area contributed by atoms with Crippen LogP contribution in [0.4, 0.5) is 4.79 Å². The number of nitrogens with one attached hydrogen (secondary N) is 2. The molecule has 0 unspecified atom stereocenters. The summed E-state index contributed by atoms with van der Waals surface area (Å²) in [6, 6.07) is 0.0839. The Balaban J connectivity index is 2.25. The average Bonchev–Trinajstić information content (AvgIpc) is 3.14. The summed E-state index contributed by atoms with van der Waals surface area (Å²) in [6.07, 6.45) is 8.64. The highest BCUT2D eigenvalue weighted by Crippen LogP contribution is 2.26. The molecule has 1 saturated heterocycles. The van der Waals surface area contributed by atoms with Crippen molar-refractivity contribution in [3.8, 4) is 0 Å². The molecule has 2 aliphatic rings. The molecule has 1 fully saturated rings. The molecule has 0 spiro atoms. The van der Waals surface area contributed by atoms with Crippen LogP contribution in [0.25, 0.3) is 0 Å². The number of ether oxygens (including phenoxy) is 1. The summed E-state index contributed by atoms with van der Waals surface area (Å²) in [4.78, 5) is 40.5. The molecule has 0 aromatic heterocycles. The van der Waals surface area contributed by atoms with Crippen LogP contribution >= 0.6 is 0 Å². The van der Waals surface area contributed by atoms with Crippen LogP contribution in [0.15, 0.2) is 12.2 Å². The maximum absolute atomic E-state index is 13.4. The van der Waals surface area contributed by atoms with Crippen molar-refractivity contribution >= 4 is 17.7 Å². The lowest BCUT2D eigenvalue weighted by atomic mass is 9.83. The number of nitrogens with zero attached hydrogens (tertiary/aromatic N) is 1. The van der Waals surface area contributed by atoms with Crippen molar-refractivity contribution in [1.29, 1.82) is 0 Å². The third-order valence-electron chi connectivity index (χ3n) is 6.35. The maximum atomic E-state index is 13.4. The molecule has 2 heterocycles. The molecule has 7 nitrogen and oxygen atoms in total. The number of allylic oxidation sites excluding steroid dienone is 1. The van der Waals surface area contributed by atoms with Gasteiger partial charge in [0, 0.05) is 25.0 Å². The van der Waals surface area contributed by atoms with E-state index in [1.165, 1.54) is 0 Å². The smallest absolute Gasteiger partial charge is 0.410 e. The predicted octanol–water partition coefficient (Wildman–Crippen LogP) is 3.23. The molecule has 2 atom stereocenters. The zero-order valence-corrected chi connectivity index (χ0v) is 20.0. The van der Waals surface area contributed by atoms with Crippen LogP contribution in [0.2, 0.25) is 0 Å². The van der Waals surface area contributed by atoms with Gasteiger partial charge in [0.1, 0.15) is 6.61 Å². The van der Waals surface area contributed by atoms with E-state index in [0.29, 0.717) is 19.4 Å². The third kappa shape index (κ3) is 6.88. The van der Waals surface area contributed by atoms with E-state index in [1.54, 1.807) is 4.90 Å². The van der Waals surface area contributed by atoms with Gasteiger partial charge in [-0.2, -0.15) is 0 Å². The van der Waals surface area contributed by atoms with Crippen LogP contribution in [0.1, 0.15) is 73.1 Å². The minimum atomic E-state index is -0.828. The van der Waals surface area contributed by atoms with Crippen molar-refractivity contribution in [2.75, 3.05) is 26.2 Å². The lowest BCUT2D eigenvalue weighted by molar-refractivity contribution is -0.129. The summed E-state index contributed by atoms with van der Waals surface area (Å²) in [7, 11) is 0. The van der Waals surface area contributed by atoms with Crippen molar-refractivity contribution in [1.82, 2.24) is 15.5 Å². The normalized spacial score (nSPS) is 30.4. The number of Topliss-reactive ketones (excluding diaryl/α,β-unsaturated/α-hetero) is 2. The summed E-state index contributed by atoms with van der Waals surface area (Å²) < 4.78 is 5.37. The third-order valence-corrected chi connectivity index (χ3v) is 6.35. The Hall–Kier alpha value is -1.73. The first-order chi connectivity index (χ1) is 14.6. The number of ketones is 2. The molecular formula is C24H41N3O4. The van der Waals surface area contributed by atoms with Crippen LogP contribution in [-0.2, 0) is 14.3 Å². The number of carbonyl (C=O) groups excluding carboxylic acids is 3. The SMILES string of the molecule is CC(C)N[C@@]12CCN(C1)C(=O)OC/C=C/CCCCC[C@@](C)(C(=O)C(C)C)NCC2=O. The standard InChI is InChI=1S/C24H41N3O4/c1-18(2)21(29)23(5)12-10-8-6-7-9-11-15-31-22(30)27-14-13-24(17-27,26-19(3)4)20(28)16-25-23/h9,11,18-19,25-26H,6-8,10,12-17H2,1-5H3/b11-9+/t23-,24-/m0/s1. The van der Waals surface area contributed by atoms with E-state index in [4.69, 9.17) is 4.74 Å². The fraction of sp³-hybridized carbons (Fsp3) is 0.792. The van der Waals surface area contributed by atoms with E-state index in [2.05, 4.69) is 10.6 Å². The van der Waals surface area contributed by atoms with Crippen LogP contribution in [0.3, 0.4) is 0 Å². The first-order valence-corrected chi connectivity index (χ1v) is 11.8. The van der Waals surface area contributed by atoms with E-state index >= 15 is 0 Å². The first-order valence-electron chi connectivity index (χ1n) is 11.8. The number of amides is 1. The number of hydrogen-bond acceptors (Lipinski definition) is 6. The summed E-state index contributed by atoms with van der Waals surface area (Å²) in [5.41, 5.74) is -1.56. The molecule has 2 rings (SSSR count). The van der Waals surface area contributed by atoms with Crippen molar-refractivity contribution in [2.45, 2.75) is 90.3 Å². The maximum Gasteiger partial charge on any atom is 0.410 e. The second-order valence-electron chi connectivity index (χ2n) is 9.83. The quantitative estimate of drug-likeness (QED) is 0.659. The minimum Gasteiger partial charge on any atom is -0.445 e. The fourth-order valence-electron chi connectivity index (χ4n) is 4.64. The topological polar surface area (TPSA) is 87.7 Å². The van der Waals surface area contributed by atoms with Crippen LogP contribution < -0.4 is 10.6 Å². The number of carbonyl (C=O) groups is 3. The van der Waals surface area contributed by atoms with E-state index < -0.39 is 11.1 Å². The molecule has 1 amide bonds. The molecular weight excluding hydrogens is 394 g/mol. The van der Waals surface area contributed by atoms with E-state index in [9.17, 15) is 14.4 Å². The Morgan fingerprint density at radius 3 is 2.55 bits per heavy atom. The van der Waals surface area contributed by atoms with Crippen LogP contribution in [0, 0.1) is 5.92 Å². The molecule has 2 bridgehead atoms. The Bertz CT molecular complexity index is 676. The van der Waals surface area contributed by atoms with Gasteiger partial charge < -0.3 is 15.0 Å². The largest absolute Gasteiger partial charge is 0.445 e. The van der Waals surface area contributed by atoms with Crippen molar-refractivity contribution in [3.05, 3.63) is 12.2 Å². The monoisotopic (exact) mass is 435 g/mol. The highest BCUT2D eigenvalue weighted by Gasteiger charge is 2.47. The summed E-state index contributed by atoms with van der Waals surface area (Å²) >= 11 is 0. The predicted molar refractivity (Wildman–Crippen MR) is 122 cm³/mol. The highest BCUT2D eigenvalue weighted by molar-refractivity contribution is 5.94. The van der Waals surface area contributed by atoms with Gasteiger partial charge in [0.05, 0.1) is 17.6 Å². The van der Waals surface area contributed by atoms with Gasteiger partial charge in [-0.25, -0.2) is 4.79 Å². The minimum absolute atomic E-state index is 0.0107. The van der Waals surface area contributed by atoms with Gasteiger partial charge in [0.25, 0.3) is 0 Å². The fourth-order valence-corrected chi connectivity index (χ4v) is 4.64. The van der Waals surface area contributed by atoms with Gasteiger partial charge in [0.15, 0.2) is 11.6 Å². The van der Waals surface area contributed by atoms with Gasteiger partial charge in [-0.15, -0.1) is 0 Å². The molecule has 176 valence electrons. The highest BCUT2D eigenvalue weighted by atomic mass is 16.6. The Morgan fingerprint density at radius 1 is 1.13 bits per heavy atom. The molecule has 0 aromatic rings. The lowest BCUT2D eigenvalue weighted by Gasteiger charge is -2.35. The van der Waals surface area contributed by atoms with Crippen LogP contribution in [-0.4, -0.2) is 65.9 Å². The number of hydrogen-bond donors (Lipinski definition) is 2. The summed E-state index contributed by atoms with van der Waals surface area (Å²) in [5.74, 6) is 0.0215. The second kappa shape index (κ2) is 11.2. The molecule has 2 aliphatic heterocycles. The Labute approximate surface area is 187 Å². The zero-order valence-electron chi connectivity index (χ0n) is 20.0. The van der Waals surface area contributed by atoms with Crippen molar-refractivity contribution < 1.29 is 19.1 Å². The second-order valence-corrected chi connectivity index (χ2v) is 9.83. The van der Waals surface area contributed by atoms with Crippen molar-refractivity contribution in [3.63, 3.8) is 0 Å². The Kier molecular flexibility index (Phi) is 9.25. The van der Waals surface area contributed by atoms with Gasteiger partial charge >= 0.3 is 6.09 Å². The Morgan fingerprint density at radius 2 is 1.87 bits per heavy atom. The zero-order chi connectivity index (χ0) is 23.1. The molecule has 0 radical (unpaired) electrons. The average molecular weight is 436 g/mol. The van der Waals surface area contributed by atoms with E-state index in [0.717, 1.165) is 25.7 Å². The van der Waals surface area contributed by atoms with Gasteiger partial charge in [-0.3, -0.25) is 14.9 Å². The van der Waals surface area contributed by atoms with Gasteiger partial charge in [0.2, 0.25) is 0 Å². The lowest BCUT2D eigenvalue weighted by Crippen LogP contribution is -2.61. The van der Waals surface area contributed by atoms with Crippen molar-refractivity contribution in [2.24, 2.45) is 5.92 Å². The van der Waals surface area contributed by atoms with Crippen LogP contribution in [0.5, 0.6) is 0 Å². The first kappa shape index (κ1) is 25.5. The molecule has 0 aromatic carbocycles. The van der Waals surface area contributed by atoms with E-state index in [-0.39, 0.29) is 49.3 Å². The van der Waals surface area contributed by atoms with Gasteiger partial charge in [-0.1, -0.05) is 38.8 Å². The van der Waals surface area contributed by atoms with Gasteiger partial charge in [-0.05, 0) is 46.5 Å².